The van der Waals surface area contributed by atoms with Crippen LogP contribution in [-0.4, -0.2) is 36.2 Å². The molecule has 31 heavy (non-hydrogen) atoms. The highest BCUT2D eigenvalue weighted by Gasteiger charge is 2.37. The summed E-state index contributed by atoms with van der Waals surface area (Å²) in [6.07, 6.45) is 1.92. The van der Waals surface area contributed by atoms with Gasteiger partial charge in [0.1, 0.15) is 17.2 Å². The van der Waals surface area contributed by atoms with Crippen LogP contribution < -0.4 is 14.4 Å². The Hall–Kier alpha value is -2.86. The van der Waals surface area contributed by atoms with Crippen molar-refractivity contribution in [1.82, 2.24) is 4.90 Å². The summed E-state index contributed by atoms with van der Waals surface area (Å²) in [5, 5.41) is 0.452. The number of carbonyl (C=O) groups excluding carboxylic acids is 1. The molecule has 0 aromatic heterocycles. The fraction of sp³-hybridized carbons (Fsp3) is 0.360. The van der Waals surface area contributed by atoms with Crippen LogP contribution in [0, 0.1) is 6.92 Å². The SMILES string of the molecule is CCOc1ccc(N2C(=O)/C(=C/c3cc(C(C)C)c(OCC)cc3C)N(C)C2=S)cc1. The molecule has 0 radical (unpaired) electrons. The summed E-state index contributed by atoms with van der Waals surface area (Å²) in [5.74, 6) is 1.82. The van der Waals surface area contributed by atoms with E-state index < -0.39 is 0 Å². The molecule has 0 spiro atoms. The second kappa shape index (κ2) is 9.52. The number of nitrogens with zero attached hydrogens (tertiary/aromatic N) is 2. The van der Waals surface area contributed by atoms with E-state index in [0.29, 0.717) is 29.9 Å². The van der Waals surface area contributed by atoms with E-state index in [9.17, 15) is 4.79 Å². The second-order valence-corrected chi connectivity index (χ2v) is 8.14. The lowest BCUT2D eigenvalue weighted by atomic mass is 9.96. The summed E-state index contributed by atoms with van der Waals surface area (Å²) in [7, 11) is 1.83. The normalized spacial score (nSPS) is 15.4. The third kappa shape index (κ3) is 4.59. The van der Waals surface area contributed by atoms with Gasteiger partial charge < -0.3 is 14.4 Å². The number of aryl methyl sites for hydroxylation is 1. The summed E-state index contributed by atoms with van der Waals surface area (Å²) in [4.78, 5) is 16.6. The van der Waals surface area contributed by atoms with Gasteiger partial charge in [-0.15, -0.1) is 0 Å². The Balaban J connectivity index is 1.98. The molecule has 1 fully saturated rings. The molecule has 5 nitrogen and oxygen atoms in total. The van der Waals surface area contributed by atoms with Crippen LogP contribution in [0.2, 0.25) is 0 Å². The van der Waals surface area contributed by atoms with E-state index in [0.717, 1.165) is 33.9 Å². The van der Waals surface area contributed by atoms with Gasteiger partial charge in [-0.05, 0) is 98.1 Å². The molecule has 2 aromatic carbocycles. The third-order valence-electron chi connectivity index (χ3n) is 5.28. The van der Waals surface area contributed by atoms with Gasteiger partial charge in [-0.2, -0.15) is 0 Å². The summed E-state index contributed by atoms with van der Waals surface area (Å²) in [6.45, 7) is 11.4. The molecular formula is C25H30N2O3S. The Morgan fingerprint density at radius 2 is 1.71 bits per heavy atom. The fourth-order valence-electron chi connectivity index (χ4n) is 3.59. The van der Waals surface area contributed by atoms with Crippen LogP contribution >= 0.6 is 12.2 Å². The summed E-state index contributed by atoms with van der Waals surface area (Å²) >= 11 is 5.59. The van der Waals surface area contributed by atoms with Gasteiger partial charge in [-0.1, -0.05) is 13.8 Å². The van der Waals surface area contributed by atoms with E-state index in [1.165, 1.54) is 0 Å². The lowest BCUT2D eigenvalue weighted by Crippen LogP contribution is -2.31. The number of hydrogen-bond donors (Lipinski definition) is 0. The minimum absolute atomic E-state index is 0.143. The third-order valence-corrected chi connectivity index (χ3v) is 5.74. The first-order valence-electron chi connectivity index (χ1n) is 10.6. The first kappa shape index (κ1) is 22.8. The van der Waals surface area contributed by atoms with Crippen molar-refractivity contribution in [2.45, 2.75) is 40.5 Å². The van der Waals surface area contributed by atoms with Gasteiger partial charge in [-0.3, -0.25) is 9.69 Å². The van der Waals surface area contributed by atoms with Crippen molar-refractivity contribution in [3.05, 3.63) is 58.8 Å². The zero-order valence-corrected chi connectivity index (χ0v) is 19.9. The van der Waals surface area contributed by atoms with Crippen molar-refractivity contribution in [3.8, 4) is 11.5 Å². The minimum atomic E-state index is -0.143. The smallest absolute Gasteiger partial charge is 0.281 e. The number of thiocarbonyl (C=S) groups is 1. The average Bonchev–Trinajstić information content (AvgIpc) is 2.94. The number of anilines is 1. The quantitative estimate of drug-likeness (QED) is 0.421. The molecule has 0 atom stereocenters. The van der Waals surface area contributed by atoms with Gasteiger partial charge in [0, 0.05) is 7.05 Å². The molecule has 1 saturated heterocycles. The zero-order chi connectivity index (χ0) is 22.7. The van der Waals surface area contributed by atoms with E-state index in [-0.39, 0.29) is 5.91 Å². The number of likely N-dealkylation sites (N-methyl/N-ethyl adjacent to an activating group) is 1. The molecule has 1 aliphatic rings. The molecule has 0 bridgehead atoms. The topological polar surface area (TPSA) is 42.0 Å². The average molecular weight is 439 g/mol. The van der Waals surface area contributed by atoms with Crippen molar-refractivity contribution in [1.29, 1.82) is 0 Å². The van der Waals surface area contributed by atoms with Crippen molar-refractivity contribution >= 4 is 35.0 Å². The number of amides is 1. The summed E-state index contributed by atoms with van der Waals surface area (Å²) in [6, 6.07) is 11.6. The highest BCUT2D eigenvalue weighted by Crippen LogP contribution is 2.33. The standard InChI is InChI=1S/C25H30N2O3S/c1-7-29-20-11-9-19(10-12-20)27-24(28)22(26(6)25(27)31)15-18-14-21(16(3)4)23(30-8-2)13-17(18)5/h9-16H,7-8H2,1-6H3/b22-15-. The number of benzene rings is 2. The number of rotatable bonds is 7. The van der Waals surface area contributed by atoms with Gasteiger partial charge in [-0.25, -0.2) is 0 Å². The van der Waals surface area contributed by atoms with Gasteiger partial charge in [0.05, 0.1) is 18.9 Å². The van der Waals surface area contributed by atoms with Gasteiger partial charge in [0.15, 0.2) is 5.11 Å². The van der Waals surface area contributed by atoms with Crippen LogP contribution in [0.15, 0.2) is 42.1 Å². The van der Waals surface area contributed by atoms with E-state index in [1.807, 2.05) is 64.2 Å². The maximum atomic E-state index is 13.3. The Labute approximate surface area is 190 Å². The molecule has 0 saturated carbocycles. The Bertz CT molecular complexity index is 1010. The first-order valence-corrected chi connectivity index (χ1v) is 11.0. The van der Waals surface area contributed by atoms with Crippen LogP contribution in [0.25, 0.3) is 6.08 Å². The maximum Gasteiger partial charge on any atom is 0.281 e. The van der Waals surface area contributed by atoms with Crippen LogP contribution in [0.4, 0.5) is 5.69 Å². The van der Waals surface area contributed by atoms with Crippen LogP contribution in [0.3, 0.4) is 0 Å². The molecule has 164 valence electrons. The lowest BCUT2D eigenvalue weighted by Gasteiger charge is -2.17. The molecule has 0 N–H and O–H groups in total. The molecule has 1 aliphatic heterocycles. The molecule has 0 unspecified atom stereocenters. The Kier molecular flexibility index (Phi) is 7.01. The monoisotopic (exact) mass is 438 g/mol. The first-order chi connectivity index (χ1) is 14.8. The predicted molar refractivity (Wildman–Crippen MR) is 130 cm³/mol. The zero-order valence-electron chi connectivity index (χ0n) is 19.1. The summed E-state index contributed by atoms with van der Waals surface area (Å²) in [5.41, 5.74) is 4.42. The van der Waals surface area contributed by atoms with Crippen molar-refractivity contribution in [3.63, 3.8) is 0 Å². The van der Waals surface area contributed by atoms with Crippen LogP contribution in [-0.2, 0) is 4.79 Å². The van der Waals surface area contributed by atoms with Crippen molar-refractivity contribution in [2.75, 3.05) is 25.2 Å². The predicted octanol–water partition coefficient (Wildman–Crippen LogP) is 5.52. The van der Waals surface area contributed by atoms with Gasteiger partial charge in [0.25, 0.3) is 5.91 Å². The summed E-state index contributed by atoms with van der Waals surface area (Å²) < 4.78 is 11.3. The molecular weight excluding hydrogens is 408 g/mol. The van der Waals surface area contributed by atoms with Crippen LogP contribution in [0.5, 0.6) is 11.5 Å². The van der Waals surface area contributed by atoms with E-state index in [1.54, 1.807) is 9.80 Å². The Morgan fingerprint density at radius 3 is 2.29 bits per heavy atom. The molecule has 6 heteroatoms. The van der Waals surface area contributed by atoms with Gasteiger partial charge >= 0.3 is 0 Å². The van der Waals surface area contributed by atoms with Crippen molar-refractivity contribution < 1.29 is 14.3 Å². The fourth-order valence-corrected chi connectivity index (χ4v) is 3.88. The van der Waals surface area contributed by atoms with Crippen LogP contribution in [0.1, 0.15) is 50.3 Å². The minimum Gasteiger partial charge on any atom is -0.494 e. The number of carbonyl (C=O) groups is 1. The van der Waals surface area contributed by atoms with Gasteiger partial charge in [0.2, 0.25) is 0 Å². The van der Waals surface area contributed by atoms with E-state index in [4.69, 9.17) is 21.7 Å². The largest absolute Gasteiger partial charge is 0.494 e. The number of hydrogen-bond acceptors (Lipinski definition) is 4. The van der Waals surface area contributed by atoms with Crippen molar-refractivity contribution in [2.24, 2.45) is 0 Å². The lowest BCUT2D eigenvalue weighted by molar-refractivity contribution is -0.114. The highest BCUT2D eigenvalue weighted by molar-refractivity contribution is 7.80. The van der Waals surface area contributed by atoms with E-state index in [2.05, 4.69) is 19.9 Å². The maximum absolute atomic E-state index is 13.3. The molecule has 1 heterocycles. The highest BCUT2D eigenvalue weighted by atomic mass is 32.1. The molecule has 1 amide bonds. The van der Waals surface area contributed by atoms with E-state index >= 15 is 0 Å². The number of ether oxygens (including phenoxy) is 2. The Morgan fingerprint density at radius 1 is 1.06 bits per heavy atom. The molecule has 3 rings (SSSR count). The molecule has 0 aliphatic carbocycles. The molecule has 2 aromatic rings. The second-order valence-electron chi connectivity index (χ2n) is 7.77.